The third-order valence-electron chi connectivity index (χ3n) is 2.42. The minimum atomic E-state index is -1.29. The van der Waals surface area contributed by atoms with Crippen LogP contribution in [0, 0.1) is 11.7 Å². The van der Waals surface area contributed by atoms with Crippen LogP contribution >= 0.6 is 0 Å². The fourth-order valence-electron chi connectivity index (χ4n) is 1.61. The van der Waals surface area contributed by atoms with Crippen molar-refractivity contribution in [1.29, 1.82) is 0 Å². The maximum absolute atomic E-state index is 13.6. The van der Waals surface area contributed by atoms with Crippen LogP contribution in [-0.4, -0.2) is 11.1 Å². The third-order valence-corrected chi connectivity index (χ3v) is 2.42. The Bertz CT molecular complexity index is 486. The van der Waals surface area contributed by atoms with Gasteiger partial charge in [0, 0.05) is 0 Å². The first-order valence-electron chi connectivity index (χ1n) is 5.38. The van der Waals surface area contributed by atoms with Crippen molar-refractivity contribution >= 4 is 11.7 Å². The Morgan fingerprint density at radius 2 is 1.94 bits per heavy atom. The van der Waals surface area contributed by atoms with Crippen molar-refractivity contribution in [2.75, 3.05) is 5.01 Å². The van der Waals surface area contributed by atoms with E-state index in [1.165, 1.54) is 18.2 Å². The van der Waals surface area contributed by atoms with E-state index in [0.717, 1.165) is 5.01 Å². The van der Waals surface area contributed by atoms with E-state index in [1.807, 2.05) is 0 Å². The third kappa shape index (κ3) is 2.78. The first-order chi connectivity index (χ1) is 8.36. The van der Waals surface area contributed by atoms with E-state index in [-0.39, 0.29) is 17.3 Å². The number of nitrogens with zero attached hydrogens (tertiary/aromatic N) is 1. The number of hydrazine groups is 1. The van der Waals surface area contributed by atoms with Crippen LogP contribution in [0.25, 0.3) is 0 Å². The molecule has 0 atom stereocenters. The van der Waals surface area contributed by atoms with Crippen molar-refractivity contribution < 1.29 is 14.3 Å². The number of allylic oxidation sites excluding steroid dienone is 1. The quantitative estimate of drug-likeness (QED) is 0.428. The zero-order valence-corrected chi connectivity index (χ0v) is 10.2. The summed E-state index contributed by atoms with van der Waals surface area (Å²) < 4.78 is 13.6. The minimum Gasteiger partial charge on any atom is -0.477 e. The molecule has 0 fully saturated rings. The van der Waals surface area contributed by atoms with E-state index in [1.54, 1.807) is 19.9 Å². The molecule has 0 heterocycles. The molecule has 1 aromatic carbocycles. The predicted molar refractivity (Wildman–Crippen MR) is 66.8 cm³/mol. The maximum Gasteiger partial charge on any atom is 0.353 e. The van der Waals surface area contributed by atoms with E-state index in [9.17, 15) is 9.18 Å². The molecule has 1 aromatic rings. The van der Waals surface area contributed by atoms with Crippen molar-refractivity contribution in [3.63, 3.8) is 0 Å². The monoisotopic (exact) mass is 253 g/mol. The van der Waals surface area contributed by atoms with Gasteiger partial charge in [-0.25, -0.2) is 15.0 Å². The summed E-state index contributed by atoms with van der Waals surface area (Å²) in [5.74, 6) is 3.68. The van der Waals surface area contributed by atoms with Gasteiger partial charge in [0.2, 0.25) is 0 Å². The summed E-state index contributed by atoms with van der Waals surface area (Å²) in [5, 5.41) is 9.88. The lowest BCUT2D eigenvalue weighted by Crippen LogP contribution is -2.37. The number of para-hydroxylation sites is 1. The van der Waals surface area contributed by atoms with E-state index in [4.69, 9.17) is 16.7 Å². The standard InChI is InChI=1S/C12H16FN3O2/c1-7(2)11(10(14)12(17)18)16(15)9-6-4-3-5-8(9)13/h3-7H,14-15H2,1-2H3,(H,17,18)/b11-10-. The number of aliphatic carboxylic acids is 1. The lowest BCUT2D eigenvalue weighted by molar-refractivity contribution is -0.132. The number of hydrogen-bond donors (Lipinski definition) is 3. The highest BCUT2D eigenvalue weighted by atomic mass is 19.1. The minimum absolute atomic E-state index is 0.0744. The zero-order chi connectivity index (χ0) is 13.9. The molecule has 98 valence electrons. The van der Waals surface area contributed by atoms with E-state index >= 15 is 0 Å². The number of halogens is 1. The molecular weight excluding hydrogens is 237 g/mol. The molecule has 0 aliphatic rings. The average molecular weight is 253 g/mol. The molecule has 0 bridgehead atoms. The summed E-state index contributed by atoms with van der Waals surface area (Å²) in [6.07, 6.45) is 0. The van der Waals surface area contributed by atoms with Gasteiger partial charge >= 0.3 is 5.97 Å². The Morgan fingerprint density at radius 1 is 1.39 bits per heavy atom. The van der Waals surface area contributed by atoms with Crippen LogP contribution in [0.4, 0.5) is 10.1 Å². The van der Waals surface area contributed by atoms with Crippen LogP contribution in [0.15, 0.2) is 35.7 Å². The molecule has 0 unspecified atom stereocenters. The van der Waals surface area contributed by atoms with Crippen LogP contribution in [0.2, 0.25) is 0 Å². The lowest BCUT2D eigenvalue weighted by atomic mass is 10.1. The van der Waals surface area contributed by atoms with Gasteiger partial charge < -0.3 is 10.8 Å². The van der Waals surface area contributed by atoms with E-state index in [0.29, 0.717) is 0 Å². The Kier molecular flexibility index (Phi) is 4.28. The van der Waals surface area contributed by atoms with E-state index < -0.39 is 17.5 Å². The molecule has 0 aromatic heterocycles. The molecule has 0 aliphatic carbocycles. The molecule has 5 N–H and O–H groups in total. The SMILES string of the molecule is CC(C)/C(=C(/N)C(=O)O)N(N)c1ccccc1F. The number of carbonyl (C=O) groups is 1. The second-order valence-corrected chi connectivity index (χ2v) is 4.08. The summed E-state index contributed by atoms with van der Waals surface area (Å²) in [5.41, 5.74) is 5.33. The summed E-state index contributed by atoms with van der Waals surface area (Å²) in [4.78, 5) is 10.9. The fraction of sp³-hybridized carbons (Fsp3) is 0.250. The molecule has 0 radical (unpaired) electrons. The van der Waals surface area contributed by atoms with Gasteiger partial charge in [0.25, 0.3) is 0 Å². The predicted octanol–water partition coefficient (Wildman–Crippen LogP) is 1.42. The van der Waals surface area contributed by atoms with E-state index in [2.05, 4.69) is 0 Å². The Morgan fingerprint density at radius 3 is 2.39 bits per heavy atom. The highest BCUT2D eigenvalue weighted by molar-refractivity contribution is 5.87. The van der Waals surface area contributed by atoms with Crippen LogP contribution in [0.3, 0.4) is 0 Å². The van der Waals surface area contributed by atoms with Crippen LogP contribution in [-0.2, 0) is 4.79 Å². The number of anilines is 1. The average Bonchev–Trinajstić information content (AvgIpc) is 2.28. The Labute approximate surface area is 104 Å². The van der Waals surface area contributed by atoms with Crippen molar-refractivity contribution in [2.24, 2.45) is 17.5 Å². The van der Waals surface area contributed by atoms with Crippen molar-refractivity contribution in [2.45, 2.75) is 13.8 Å². The number of carboxylic acid groups (broad SMARTS) is 1. The molecule has 0 spiro atoms. The van der Waals surface area contributed by atoms with Crippen molar-refractivity contribution in [3.05, 3.63) is 41.5 Å². The smallest absolute Gasteiger partial charge is 0.353 e. The molecule has 18 heavy (non-hydrogen) atoms. The summed E-state index contributed by atoms with van der Waals surface area (Å²) in [7, 11) is 0. The Balaban J connectivity index is 3.29. The van der Waals surface area contributed by atoms with Crippen LogP contribution < -0.4 is 16.6 Å². The maximum atomic E-state index is 13.6. The van der Waals surface area contributed by atoms with Gasteiger partial charge in [-0.3, -0.25) is 5.01 Å². The highest BCUT2D eigenvalue weighted by Crippen LogP contribution is 2.24. The van der Waals surface area contributed by atoms with Gasteiger partial charge in [0.05, 0.1) is 11.4 Å². The molecule has 0 saturated carbocycles. The lowest BCUT2D eigenvalue weighted by Gasteiger charge is -2.26. The van der Waals surface area contributed by atoms with Gasteiger partial charge in [-0.15, -0.1) is 0 Å². The summed E-state index contributed by atoms with van der Waals surface area (Å²) >= 11 is 0. The molecule has 1 rings (SSSR count). The number of benzene rings is 1. The topological polar surface area (TPSA) is 92.6 Å². The van der Waals surface area contributed by atoms with Gasteiger partial charge in [-0.05, 0) is 18.1 Å². The number of nitrogens with two attached hydrogens (primary N) is 2. The van der Waals surface area contributed by atoms with Gasteiger partial charge in [0.1, 0.15) is 11.5 Å². The normalized spacial score (nSPS) is 12.3. The zero-order valence-electron chi connectivity index (χ0n) is 10.2. The van der Waals surface area contributed by atoms with Gasteiger partial charge in [0.15, 0.2) is 0 Å². The fourth-order valence-corrected chi connectivity index (χ4v) is 1.61. The molecular formula is C12H16FN3O2. The molecule has 0 amide bonds. The van der Waals surface area contributed by atoms with Crippen molar-refractivity contribution in [1.82, 2.24) is 0 Å². The van der Waals surface area contributed by atoms with Crippen LogP contribution in [0.1, 0.15) is 13.8 Å². The first-order valence-corrected chi connectivity index (χ1v) is 5.38. The number of hydrogen-bond acceptors (Lipinski definition) is 4. The molecule has 0 saturated heterocycles. The van der Waals surface area contributed by atoms with Gasteiger partial charge in [-0.1, -0.05) is 26.0 Å². The second-order valence-electron chi connectivity index (χ2n) is 4.08. The number of rotatable bonds is 4. The largest absolute Gasteiger partial charge is 0.477 e. The summed E-state index contributed by atoms with van der Waals surface area (Å²) in [6.45, 7) is 3.46. The molecule has 6 heteroatoms. The van der Waals surface area contributed by atoms with Gasteiger partial charge in [-0.2, -0.15) is 0 Å². The molecule has 5 nitrogen and oxygen atoms in total. The molecule has 0 aliphatic heterocycles. The highest BCUT2D eigenvalue weighted by Gasteiger charge is 2.21. The summed E-state index contributed by atoms with van der Waals surface area (Å²) in [6, 6.07) is 5.82. The Hall–Kier alpha value is -2.08. The van der Waals surface area contributed by atoms with Crippen molar-refractivity contribution in [3.8, 4) is 0 Å². The number of carboxylic acids is 1. The second kappa shape index (κ2) is 5.50. The first kappa shape index (κ1) is 14.0. The van der Waals surface area contributed by atoms with Crippen LogP contribution in [0.5, 0.6) is 0 Å².